The maximum Gasteiger partial charge on any atom is 0.347 e. The van der Waals surface area contributed by atoms with Crippen molar-refractivity contribution in [3.63, 3.8) is 0 Å². The highest BCUT2D eigenvalue weighted by Gasteiger charge is 2.30. The van der Waals surface area contributed by atoms with E-state index >= 15 is 0 Å². The third kappa shape index (κ3) is 6.48. The molecule has 0 N–H and O–H groups in total. The Balaban J connectivity index is 2.13. The third-order valence-electron chi connectivity index (χ3n) is 5.43. The van der Waals surface area contributed by atoms with Gasteiger partial charge in [-0.3, -0.25) is 0 Å². The highest BCUT2D eigenvalue weighted by atomic mass is 16.6. The Kier molecular flexibility index (Phi) is 8.17. The predicted molar refractivity (Wildman–Crippen MR) is 143 cm³/mol. The zero-order valence-corrected chi connectivity index (χ0v) is 22.6. The van der Waals surface area contributed by atoms with Crippen molar-refractivity contribution in [1.82, 2.24) is 0 Å². The van der Waals surface area contributed by atoms with Crippen LogP contribution >= 0.6 is 0 Å². The monoisotopic (exact) mass is 494 g/mol. The molecule has 2 atom stereocenters. The van der Waals surface area contributed by atoms with E-state index in [1.54, 1.807) is 0 Å². The molecule has 6 heteroatoms. The summed E-state index contributed by atoms with van der Waals surface area (Å²) in [5.41, 5.74) is -1.24. The van der Waals surface area contributed by atoms with E-state index < -0.39 is 35.3 Å². The summed E-state index contributed by atoms with van der Waals surface area (Å²) in [5.74, 6) is 0.345. The number of ether oxygens (including phenoxy) is 4. The van der Waals surface area contributed by atoms with Crippen LogP contribution in [-0.4, -0.2) is 35.3 Å². The first kappa shape index (κ1) is 27.3. The molecule has 0 radical (unpaired) electrons. The maximum absolute atomic E-state index is 12.9. The van der Waals surface area contributed by atoms with Crippen molar-refractivity contribution in [2.45, 2.75) is 91.6 Å². The zero-order valence-electron chi connectivity index (χ0n) is 22.6. The van der Waals surface area contributed by atoms with Gasteiger partial charge in [0.1, 0.15) is 22.7 Å². The van der Waals surface area contributed by atoms with Crippen molar-refractivity contribution in [2.75, 3.05) is 0 Å². The smallest absolute Gasteiger partial charge is 0.347 e. The average molecular weight is 495 g/mol. The normalized spacial score (nSPS) is 13.8. The van der Waals surface area contributed by atoms with E-state index in [9.17, 15) is 9.59 Å². The number of rotatable bonds is 8. The Bertz CT molecular complexity index is 1080. The first-order valence-corrected chi connectivity index (χ1v) is 12.6. The largest absolute Gasteiger partial charge is 0.477 e. The Morgan fingerprint density at radius 2 is 0.889 bits per heavy atom. The predicted octanol–water partition coefficient (Wildman–Crippen LogP) is 6.99. The molecule has 3 rings (SSSR count). The van der Waals surface area contributed by atoms with E-state index in [4.69, 9.17) is 18.9 Å². The molecule has 0 aliphatic rings. The van der Waals surface area contributed by atoms with Crippen LogP contribution in [0.2, 0.25) is 0 Å². The van der Waals surface area contributed by atoms with Crippen LogP contribution in [-0.2, 0) is 19.1 Å². The fraction of sp³-hybridized carbons (Fsp3) is 0.467. The van der Waals surface area contributed by atoms with Crippen molar-refractivity contribution < 1.29 is 28.5 Å². The third-order valence-corrected chi connectivity index (χ3v) is 5.43. The highest BCUT2D eigenvalue weighted by Crippen LogP contribution is 2.43. The number of benzene rings is 3. The molecule has 3 aromatic rings. The van der Waals surface area contributed by atoms with Gasteiger partial charge in [-0.25, -0.2) is 9.59 Å². The molecule has 0 amide bonds. The topological polar surface area (TPSA) is 71.1 Å². The minimum Gasteiger partial charge on any atom is -0.477 e. The van der Waals surface area contributed by atoms with Gasteiger partial charge in [0.2, 0.25) is 0 Å². The van der Waals surface area contributed by atoms with Crippen LogP contribution in [0.15, 0.2) is 48.5 Å². The number of carbonyl (C=O) groups is 2. The zero-order chi connectivity index (χ0) is 26.7. The minimum atomic E-state index is -0.770. The summed E-state index contributed by atoms with van der Waals surface area (Å²) >= 11 is 0. The average Bonchev–Trinajstić information content (AvgIpc) is 2.79. The fourth-order valence-electron chi connectivity index (χ4n) is 3.92. The number of hydrogen-bond donors (Lipinski definition) is 0. The summed E-state index contributed by atoms with van der Waals surface area (Å²) in [6.07, 6.45) is -0.639. The molecule has 0 bridgehead atoms. The lowest BCUT2D eigenvalue weighted by Crippen LogP contribution is -2.35. The van der Waals surface area contributed by atoms with Gasteiger partial charge >= 0.3 is 11.9 Å². The molecule has 0 aliphatic carbocycles. The van der Waals surface area contributed by atoms with Gasteiger partial charge in [0.25, 0.3) is 0 Å². The molecule has 36 heavy (non-hydrogen) atoms. The molecule has 0 saturated heterocycles. The first-order valence-electron chi connectivity index (χ1n) is 12.6. The van der Waals surface area contributed by atoms with Crippen molar-refractivity contribution in [2.24, 2.45) is 0 Å². The summed E-state index contributed by atoms with van der Waals surface area (Å²) in [6.45, 7) is 14.8. The number of hydrogen-bond acceptors (Lipinski definition) is 6. The summed E-state index contributed by atoms with van der Waals surface area (Å²) in [6, 6.07) is 15.4. The van der Waals surface area contributed by atoms with Gasteiger partial charge in [-0.1, -0.05) is 62.4 Å². The summed E-state index contributed by atoms with van der Waals surface area (Å²) in [5, 5.41) is 3.14. The molecule has 3 aromatic carbocycles. The second-order valence-corrected chi connectivity index (χ2v) is 10.8. The maximum atomic E-state index is 12.9. The summed E-state index contributed by atoms with van der Waals surface area (Å²) in [4.78, 5) is 25.8. The first-order chi connectivity index (χ1) is 16.8. The second kappa shape index (κ2) is 10.8. The summed E-state index contributed by atoms with van der Waals surface area (Å²) in [7, 11) is 0. The second-order valence-electron chi connectivity index (χ2n) is 10.8. The Labute approximate surface area is 213 Å². The number of fused-ring (bicyclic) bond motifs is 2. The van der Waals surface area contributed by atoms with Crippen molar-refractivity contribution in [1.29, 1.82) is 0 Å². The van der Waals surface area contributed by atoms with Crippen molar-refractivity contribution in [3.8, 4) is 11.5 Å². The quantitative estimate of drug-likeness (QED) is 0.248. The molecule has 0 spiro atoms. The highest BCUT2D eigenvalue weighted by molar-refractivity contribution is 6.11. The van der Waals surface area contributed by atoms with E-state index in [-0.39, 0.29) is 0 Å². The van der Waals surface area contributed by atoms with E-state index in [1.165, 1.54) is 0 Å². The van der Waals surface area contributed by atoms with Crippen molar-refractivity contribution in [3.05, 3.63) is 48.5 Å². The molecular formula is C30H38O6. The van der Waals surface area contributed by atoms with E-state index in [2.05, 4.69) is 0 Å². The lowest BCUT2D eigenvalue weighted by atomic mass is 10.00. The molecule has 0 heterocycles. The van der Waals surface area contributed by atoms with Crippen LogP contribution in [0.5, 0.6) is 11.5 Å². The lowest BCUT2D eigenvalue weighted by Gasteiger charge is -2.27. The van der Waals surface area contributed by atoms with Crippen LogP contribution < -0.4 is 9.47 Å². The standard InChI is InChI=1S/C30H38O6/c1-9-23(27(31)35-29(3,4)5)33-25-19-15-11-13-17-21(19)26(22-18-14-12-16-20(22)25)34-24(10-2)28(32)36-30(6,7)8/h11-18,23-24H,9-10H2,1-8H3. The van der Waals surface area contributed by atoms with Crippen molar-refractivity contribution >= 4 is 33.5 Å². The van der Waals surface area contributed by atoms with E-state index in [1.807, 2.05) is 104 Å². The van der Waals surface area contributed by atoms with Crippen LogP contribution in [0, 0.1) is 0 Å². The van der Waals surface area contributed by atoms with Gasteiger partial charge < -0.3 is 18.9 Å². The Morgan fingerprint density at radius 3 is 1.11 bits per heavy atom. The molecule has 0 saturated carbocycles. The van der Waals surface area contributed by atoms with Gasteiger partial charge in [0, 0.05) is 21.5 Å². The Morgan fingerprint density at radius 1 is 0.611 bits per heavy atom. The minimum absolute atomic E-state index is 0.408. The number of carbonyl (C=O) groups excluding carboxylic acids is 2. The fourth-order valence-corrected chi connectivity index (χ4v) is 3.92. The molecule has 194 valence electrons. The molecule has 2 unspecified atom stereocenters. The van der Waals surface area contributed by atoms with E-state index in [0.717, 1.165) is 21.5 Å². The molecule has 0 fully saturated rings. The van der Waals surface area contributed by atoms with Crippen LogP contribution in [0.3, 0.4) is 0 Å². The molecule has 0 aromatic heterocycles. The van der Waals surface area contributed by atoms with Gasteiger partial charge in [0.05, 0.1) is 0 Å². The molecule has 6 nitrogen and oxygen atoms in total. The SMILES string of the molecule is CCC(Oc1c2ccccc2c(OC(CC)C(=O)OC(C)(C)C)c2ccccc12)C(=O)OC(C)(C)C. The number of esters is 2. The van der Waals surface area contributed by atoms with Gasteiger partial charge in [-0.15, -0.1) is 0 Å². The Hall–Kier alpha value is -3.28. The van der Waals surface area contributed by atoms with Crippen LogP contribution in [0.25, 0.3) is 21.5 Å². The molecule has 0 aliphatic heterocycles. The van der Waals surface area contributed by atoms with Gasteiger partial charge in [0.15, 0.2) is 12.2 Å². The summed E-state index contributed by atoms with van der Waals surface area (Å²) < 4.78 is 24.0. The van der Waals surface area contributed by atoms with Crippen LogP contribution in [0.1, 0.15) is 68.2 Å². The van der Waals surface area contributed by atoms with Gasteiger partial charge in [-0.05, 0) is 54.4 Å². The van der Waals surface area contributed by atoms with E-state index in [0.29, 0.717) is 24.3 Å². The van der Waals surface area contributed by atoms with Gasteiger partial charge in [-0.2, -0.15) is 0 Å². The lowest BCUT2D eigenvalue weighted by molar-refractivity contribution is -0.164. The molecular weight excluding hydrogens is 456 g/mol. The van der Waals surface area contributed by atoms with Crippen LogP contribution in [0.4, 0.5) is 0 Å².